The lowest BCUT2D eigenvalue weighted by Gasteiger charge is -2.09. The van der Waals surface area contributed by atoms with Crippen molar-refractivity contribution >= 4 is 33.0 Å². The minimum atomic E-state index is -3.66. The van der Waals surface area contributed by atoms with E-state index in [9.17, 15) is 13.2 Å². The molecule has 0 unspecified atom stereocenters. The number of nitrogens with zero attached hydrogens (tertiary/aromatic N) is 1. The molecule has 8 heteroatoms. The number of hydrogen-bond acceptors (Lipinski definition) is 5. The monoisotopic (exact) mass is 450 g/mol. The average Bonchev–Trinajstić information content (AvgIpc) is 2.77. The maximum Gasteiger partial charge on any atom is 0.261 e. The van der Waals surface area contributed by atoms with Gasteiger partial charge in [0.15, 0.2) is 0 Å². The summed E-state index contributed by atoms with van der Waals surface area (Å²) in [6.45, 7) is 5.76. The molecule has 0 saturated heterocycles. The first-order valence-electron chi connectivity index (χ1n) is 10.1. The highest BCUT2D eigenvalue weighted by molar-refractivity contribution is 7.92. The van der Waals surface area contributed by atoms with Crippen LogP contribution in [-0.4, -0.2) is 26.6 Å². The van der Waals surface area contributed by atoms with E-state index in [1.807, 2.05) is 38.1 Å². The second kappa shape index (κ2) is 10.1. The third kappa shape index (κ3) is 6.42. The largest absolute Gasteiger partial charge is 0.376 e. The number of sulfonamides is 1. The van der Waals surface area contributed by atoms with Crippen LogP contribution in [0, 0.1) is 13.8 Å². The zero-order valence-corrected chi connectivity index (χ0v) is 19.0. The van der Waals surface area contributed by atoms with Crippen molar-refractivity contribution in [3.05, 3.63) is 89.5 Å². The molecular weight excluding hydrogens is 424 g/mol. The Balaban J connectivity index is 1.56. The molecule has 0 saturated carbocycles. The van der Waals surface area contributed by atoms with Gasteiger partial charge in [0.1, 0.15) is 0 Å². The molecule has 3 N–H and O–H groups in total. The van der Waals surface area contributed by atoms with Crippen molar-refractivity contribution in [2.45, 2.75) is 25.7 Å². The predicted molar refractivity (Wildman–Crippen MR) is 128 cm³/mol. The molecule has 0 aliphatic rings. The molecule has 3 aromatic carbocycles. The third-order valence-corrected chi connectivity index (χ3v) is 6.14. The normalized spacial score (nSPS) is 11.7. The Hall–Kier alpha value is -3.65. The molecule has 32 heavy (non-hydrogen) atoms. The molecule has 0 bridgehead atoms. The molecule has 3 rings (SSSR count). The molecule has 0 aliphatic heterocycles. The number of benzene rings is 3. The Morgan fingerprint density at radius 1 is 0.812 bits per heavy atom. The highest BCUT2D eigenvalue weighted by Gasteiger charge is 2.13. The van der Waals surface area contributed by atoms with Crippen molar-refractivity contribution in [2.24, 2.45) is 5.10 Å². The van der Waals surface area contributed by atoms with Gasteiger partial charge in [-0.15, -0.1) is 0 Å². The van der Waals surface area contributed by atoms with Gasteiger partial charge in [-0.2, -0.15) is 5.10 Å². The van der Waals surface area contributed by atoms with Crippen molar-refractivity contribution in [1.29, 1.82) is 0 Å². The molecule has 0 heterocycles. The van der Waals surface area contributed by atoms with E-state index in [4.69, 9.17) is 0 Å². The molecule has 1 amide bonds. The van der Waals surface area contributed by atoms with Gasteiger partial charge in [-0.1, -0.05) is 47.5 Å². The van der Waals surface area contributed by atoms with Crippen LogP contribution in [0.3, 0.4) is 0 Å². The zero-order chi connectivity index (χ0) is 23.1. The van der Waals surface area contributed by atoms with E-state index in [1.54, 1.807) is 55.5 Å². The molecule has 0 atom stereocenters. The molecule has 166 valence electrons. The molecule has 0 spiro atoms. The van der Waals surface area contributed by atoms with Gasteiger partial charge >= 0.3 is 0 Å². The van der Waals surface area contributed by atoms with Crippen molar-refractivity contribution in [1.82, 2.24) is 5.43 Å². The molecule has 3 aromatic rings. The summed E-state index contributed by atoms with van der Waals surface area (Å²) in [6, 6.07) is 21.2. The van der Waals surface area contributed by atoms with Crippen molar-refractivity contribution in [3.63, 3.8) is 0 Å². The summed E-state index contributed by atoms with van der Waals surface area (Å²) in [7, 11) is -3.66. The van der Waals surface area contributed by atoms with Crippen LogP contribution in [0.1, 0.15) is 23.6 Å². The number of nitrogens with one attached hydrogen (secondary N) is 3. The van der Waals surface area contributed by atoms with Gasteiger partial charge in [0.25, 0.3) is 15.9 Å². The first-order chi connectivity index (χ1) is 15.2. The van der Waals surface area contributed by atoms with Gasteiger partial charge in [0.2, 0.25) is 0 Å². The summed E-state index contributed by atoms with van der Waals surface area (Å²) in [5, 5.41) is 7.15. The standard InChI is InChI=1S/C24H26N4O3S/c1-17-4-10-21(11-5-17)25-16-24(29)27-26-19(3)20-8-12-22(13-9-20)28-32(30,31)23-14-6-18(2)7-15-23/h4-15,25,28H,16H2,1-3H3,(H,27,29)/b26-19+. The number of hydrazone groups is 1. The number of aryl methyl sites for hydroxylation is 2. The second-order valence-corrected chi connectivity index (χ2v) is 9.13. The highest BCUT2D eigenvalue weighted by atomic mass is 32.2. The van der Waals surface area contributed by atoms with E-state index < -0.39 is 10.0 Å². The lowest BCUT2D eigenvalue weighted by Crippen LogP contribution is -2.26. The minimum absolute atomic E-state index is 0.0968. The lowest BCUT2D eigenvalue weighted by atomic mass is 10.1. The molecule has 0 aliphatic carbocycles. The van der Waals surface area contributed by atoms with Gasteiger partial charge in [-0.05, 0) is 62.7 Å². The van der Waals surface area contributed by atoms with Gasteiger partial charge in [-0.3, -0.25) is 9.52 Å². The van der Waals surface area contributed by atoms with Crippen LogP contribution >= 0.6 is 0 Å². The molecular formula is C24H26N4O3S. The maximum atomic E-state index is 12.5. The van der Waals surface area contributed by atoms with E-state index in [1.165, 1.54) is 0 Å². The van der Waals surface area contributed by atoms with Gasteiger partial charge in [0.05, 0.1) is 17.2 Å². The first kappa shape index (κ1) is 23.0. The lowest BCUT2D eigenvalue weighted by molar-refractivity contribution is -0.119. The summed E-state index contributed by atoms with van der Waals surface area (Å²) in [4.78, 5) is 12.2. The smallest absolute Gasteiger partial charge is 0.261 e. The van der Waals surface area contributed by atoms with Crippen LogP contribution in [0.25, 0.3) is 0 Å². The van der Waals surface area contributed by atoms with Crippen LogP contribution in [0.2, 0.25) is 0 Å². The van der Waals surface area contributed by atoms with E-state index >= 15 is 0 Å². The van der Waals surface area contributed by atoms with Crippen LogP contribution < -0.4 is 15.5 Å². The molecule has 0 aromatic heterocycles. The summed E-state index contributed by atoms with van der Waals surface area (Å²) >= 11 is 0. The van der Waals surface area contributed by atoms with Gasteiger partial charge in [-0.25, -0.2) is 13.8 Å². The van der Waals surface area contributed by atoms with Crippen LogP contribution in [0.4, 0.5) is 11.4 Å². The van der Waals surface area contributed by atoms with E-state index in [-0.39, 0.29) is 17.3 Å². The Kier molecular flexibility index (Phi) is 7.27. The zero-order valence-electron chi connectivity index (χ0n) is 18.2. The topological polar surface area (TPSA) is 99.7 Å². The van der Waals surface area contributed by atoms with Crippen molar-refractivity contribution in [3.8, 4) is 0 Å². The van der Waals surface area contributed by atoms with Gasteiger partial charge in [0, 0.05) is 11.4 Å². The highest BCUT2D eigenvalue weighted by Crippen LogP contribution is 2.17. The second-order valence-electron chi connectivity index (χ2n) is 7.45. The number of carbonyl (C=O) groups excluding carboxylic acids is 1. The fourth-order valence-corrected chi connectivity index (χ4v) is 3.87. The number of anilines is 2. The summed E-state index contributed by atoms with van der Waals surface area (Å²) < 4.78 is 27.6. The third-order valence-electron chi connectivity index (χ3n) is 4.74. The molecule has 0 fully saturated rings. The van der Waals surface area contributed by atoms with E-state index in [2.05, 4.69) is 20.6 Å². The Morgan fingerprint density at radius 2 is 1.34 bits per heavy atom. The quantitative estimate of drug-likeness (QED) is 0.356. The Bertz CT molecular complexity index is 1200. The number of amides is 1. The minimum Gasteiger partial charge on any atom is -0.376 e. The van der Waals surface area contributed by atoms with Crippen LogP contribution in [0.5, 0.6) is 0 Å². The number of rotatable bonds is 8. The predicted octanol–water partition coefficient (Wildman–Crippen LogP) is 4.06. The Labute approximate surface area is 188 Å². The fraction of sp³-hybridized carbons (Fsp3) is 0.167. The first-order valence-corrected chi connectivity index (χ1v) is 11.5. The maximum absolute atomic E-state index is 12.5. The van der Waals surface area contributed by atoms with E-state index in [0.29, 0.717) is 11.4 Å². The van der Waals surface area contributed by atoms with E-state index in [0.717, 1.165) is 22.4 Å². The summed E-state index contributed by atoms with van der Waals surface area (Å²) in [6.07, 6.45) is 0. The summed E-state index contributed by atoms with van der Waals surface area (Å²) in [5.74, 6) is -0.271. The van der Waals surface area contributed by atoms with Crippen LogP contribution in [-0.2, 0) is 14.8 Å². The van der Waals surface area contributed by atoms with Crippen molar-refractivity contribution < 1.29 is 13.2 Å². The van der Waals surface area contributed by atoms with Crippen LogP contribution in [0.15, 0.2) is 82.8 Å². The SMILES string of the molecule is C/C(=N\NC(=O)CNc1ccc(C)cc1)c1ccc(NS(=O)(=O)c2ccc(C)cc2)cc1. The fourth-order valence-electron chi connectivity index (χ4n) is 2.82. The molecule has 7 nitrogen and oxygen atoms in total. The Morgan fingerprint density at radius 3 is 1.94 bits per heavy atom. The number of carbonyl (C=O) groups is 1. The number of hydrogen-bond donors (Lipinski definition) is 3. The van der Waals surface area contributed by atoms with Gasteiger partial charge < -0.3 is 5.32 Å². The molecule has 0 radical (unpaired) electrons. The summed E-state index contributed by atoms with van der Waals surface area (Å²) in [5.41, 5.74) is 7.30. The average molecular weight is 451 g/mol. The van der Waals surface area contributed by atoms with Crippen molar-refractivity contribution in [2.75, 3.05) is 16.6 Å².